The van der Waals surface area contributed by atoms with Crippen molar-refractivity contribution in [1.29, 1.82) is 0 Å². The number of aromatic nitrogens is 4. The Hall–Kier alpha value is -6.89. The van der Waals surface area contributed by atoms with Crippen molar-refractivity contribution in [3.63, 3.8) is 0 Å². The summed E-state index contributed by atoms with van der Waals surface area (Å²) >= 11 is 1.80. The highest BCUT2D eigenvalue weighted by Crippen LogP contribution is 2.58. The molecule has 0 spiro atoms. The van der Waals surface area contributed by atoms with Gasteiger partial charge >= 0.3 is 0 Å². The Morgan fingerprint density at radius 3 is 1.98 bits per heavy atom. The molecule has 2 aliphatic heterocycles. The summed E-state index contributed by atoms with van der Waals surface area (Å²) in [6.45, 7) is 0. The van der Waals surface area contributed by atoms with Crippen LogP contribution in [0.25, 0.3) is 77.4 Å². The number of anilines is 2. The number of hydrogen-bond donors (Lipinski definition) is 0. The number of rotatable bonds is 3. The molecule has 2 unspecified atom stereocenters. The molecular formula is C50H31N5S. The fourth-order valence-electron chi connectivity index (χ4n) is 9.86. The molecule has 5 nitrogen and oxygen atoms in total. The Morgan fingerprint density at radius 2 is 1.16 bits per heavy atom. The van der Waals surface area contributed by atoms with E-state index in [0.29, 0.717) is 5.95 Å². The predicted molar refractivity (Wildman–Crippen MR) is 231 cm³/mol. The minimum atomic E-state index is 0.0849. The number of nitrogens with zero attached hydrogens (tertiary/aromatic N) is 5. The molecule has 0 amide bonds. The van der Waals surface area contributed by atoms with E-state index in [-0.39, 0.29) is 12.0 Å². The van der Waals surface area contributed by atoms with E-state index in [1.807, 2.05) is 0 Å². The van der Waals surface area contributed by atoms with Gasteiger partial charge in [0.1, 0.15) is 0 Å². The lowest BCUT2D eigenvalue weighted by Gasteiger charge is -2.29. The van der Waals surface area contributed by atoms with Crippen LogP contribution in [0.15, 0.2) is 186 Å². The number of benzene rings is 7. The van der Waals surface area contributed by atoms with E-state index in [1.54, 1.807) is 11.8 Å². The number of fused-ring (bicyclic) bond motifs is 14. The molecular weight excluding hydrogens is 703 g/mol. The summed E-state index contributed by atoms with van der Waals surface area (Å²) in [4.78, 5) is 16.1. The molecule has 5 heterocycles. The number of allylic oxidation sites excluding steroid dienone is 2. The van der Waals surface area contributed by atoms with Crippen LogP contribution < -0.4 is 4.90 Å². The maximum atomic E-state index is 5.62. The van der Waals surface area contributed by atoms with Crippen LogP contribution in [0.1, 0.15) is 11.5 Å². The van der Waals surface area contributed by atoms with Gasteiger partial charge < -0.3 is 9.47 Å². The van der Waals surface area contributed by atoms with E-state index in [4.69, 9.17) is 9.97 Å². The second-order valence-electron chi connectivity index (χ2n) is 14.9. The molecule has 7 aromatic carbocycles. The van der Waals surface area contributed by atoms with Crippen molar-refractivity contribution in [3.8, 4) is 22.9 Å². The van der Waals surface area contributed by atoms with E-state index in [1.165, 1.54) is 53.6 Å². The van der Waals surface area contributed by atoms with E-state index in [0.717, 1.165) is 44.6 Å². The van der Waals surface area contributed by atoms with Gasteiger partial charge in [0.15, 0.2) is 0 Å². The lowest BCUT2D eigenvalue weighted by molar-refractivity contribution is 0.747. The fraction of sp³-hybridized carbons (Fsp3) is 0.0400. The summed E-state index contributed by atoms with van der Waals surface area (Å²) < 4.78 is 4.88. The van der Waals surface area contributed by atoms with Gasteiger partial charge in [-0.1, -0.05) is 133 Å². The van der Waals surface area contributed by atoms with E-state index < -0.39 is 0 Å². The maximum absolute atomic E-state index is 5.62. The summed E-state index contributed by atoms with van der Waals surface area (Å²) in [7, 11) is 0. The van der Waals surface area contributed by atoms with Crippen LogP contribution in [0.5, 0.6) is 0 Å². The molecule has 3 aromatic heterocycles. The van der Waals surface area contributed by atoms with Gasteiger partial charge in [-0.05, 0) is 60.2 Å². The van der Waals surface area contributed by atoms with Crippen molar-refractivity contribution < 1.29 is 0 Å². The maximum Gasteiger partial charge on any atom is 0.235 e. The average molecular weight is 734 g/mol. The first-order valence-corrected chi connectivity index (χ1v) is 20.0. The third-order valence-electron chi connectivity index (χ3n) is 12.0. The van der Waals surface area contributed by atoms with Gasteiger partial charge in [-0.25, -0.2) is 9.97 Å². The molecule has 0 saturated carbocycles. The zero-order valence-electron chi connectivity index (χ0n) is 30.0. The molecule has 0 saturated heterocycles. The fourth-order valence-corrected chi connectivity index (χ4v) is 11.0. The van der Waals surface area contributed by atoms with Crippen LogP contribution in [0, 0.1) is 0 Å². The van der Waals surface area contributed by atoms with Crippen molar-refractivity contribution in [2.24, 2.45) is 0 Å². The largest absolute Gasteiger partial charge is 0.332 e. The summed E-state index contributed by atoms with van der Waals surface area (Å²) in [5.74, 6) is 0.796. The van der Waals surface area contributed by atoms with Crippen LogP contribution in [-0.4, -0.2) is 25.1 Å². The minimum Gasteiger partial charge on any atom is -0.332 e. The first kappa shape index (κ1) is 30.4. The smallest absolute Gasteiger partial charge is 0.235 e. The number of para-hydroxylation sites is 4. The highest BCUT2D eigenvalue weighted by molar-refractivity contribution is 7.99. The molecule has 1 aliphatic carbocycles. The Kier molecular flexibility index (Phi) is 6.15. The third-order valence-corrected chi connectivity index (χ3v) is 13.1. The Balaban J connectivity index is 1.29. The van der Waals surface area contributed by atoms with E-state index in [2.05, 4.69) is 190 Å². The van der Waals surface area contributed by atoms with Gasteiger partial charge in [0.05, 0.1) is 45.0 Å². The summed E-state index contributed by atoms with van der Waals surface area (Å²) in [5.41, 5.74) is 12.5. The molecule has 0 bridgehead atoms. The Morgan fingerprint density at radius 1 is 0.500 bits per heavy atom. The van der Waals surface area contributed by atoms with Gasteiger partial charge in [-0.3, -0.25) is 4.57 Å². The third kappa shape index (κ3) is 3.96. The van der Waals surface area contributed by atoms with Gasteiger partial charge in [0.25, 0.3) is 0 Å². The SMILES string of the molecule is C1=CC2c3c(c4c(c5ccccc5n4-c4nc5c6c(cccc6n4)Sc4ccccc4-5)c4c3c3ccccc3n4-c3ccccc3)N(c3ccccc3)C2C=C1. The van der Waals surface area contributed by atoms with Crippen molar-refractivity contribution in [3.05, 3.63) is 182 Å². The molecule has 0 fully saturated rings. The average Bonchev–Trinajstić information content (AvgIpc) is 3.90. The highest BCUT2D eigenvalue weighted by Gasteiger charge is 2.43. The first-order valence-electron chi connectivity index (χ1n) is 19.2. The van der Waals surface area contributed by atoms with Crippen molar-refractivity contribution >= 4 is 77.7 Å². The van der Waals surface area contributed by atoms with Crippen molar-refractivity contribution in [2.75, 3.05) is 4.90 Å². The molecule has 3 aliphatic rings. The lowest BCUT2D eigenvalue weighted by atomic mass is 9.88. The number of hydrogen-bond acceptors (Lipinski definition) is 4. The van der Waals surface area contributed by atoms with Gasteiger partial charge in [0.2, 0.25) is 5.95 Å². The van der Waals surface area contributed by atoms with Gasteiger partial charge in [0, 0.05) is 59.6 Å². The monoisotopic (exact) mass is 733 g/mol. The summed E-state index contributed by atoms with van der Waals surface area (Å²) in [6.07, 6.45) is 9.23. The lowest BCUT2D eigenvalue weighted by Crippen LogP contribution is -2.28. The van der Waals surface area contributed by atoms with Crippen LogP contribution in [0.4, 0.5) is 11.4 Å². The predicted octanol–water partition coefficient (Wildman–Crippen LogP) is 12.7. The summed E-state index contributed by atoms with van der Waals surface area (Å²) in [6, 6.07) is 54.8. The molecule has 56 heavy (non-hydrogen) atoms. The topological polar surface area (TPSA) is 38.9 Å². The molecule has 6 heteroatoms. The van der Waals surface area contributed by atoms with Crippen LogP contribution in [0.3, 0.4) is 0 Å². The molecule has 10 aromatic rings. The van der Waals surface area contributed by atoms with Crippen molar-refractivity contribution in [2.45, 2.75) is 21.8 Å². The molecule has 262 valence electrons. The molecule has 2 atom stereocenters. The van der Waals surface area contributed by atoms with Gasteiger partial charge in [-0.2, -0.15) is 0 Å². The first-order chi connectivity index (χ1) is 27.8. The minimum absolute atomic E-state index is 0.0849. The van der Waals surface area contributed by atoms with Crippen molar-refractivity contribution in [1.82, 2.24) is 19.1 Å². The van der Waals surface area contributed by atoms with Crippen LogP contribution in [0.2, 0.25) is 0 Å². The van der Waals surface area contributed by atoms with Crippen LogP contribution >= 0.6 is 11.8 Å². The normalized spacial score (nSPS) is 16.7. The highest BCUT2D eigenvalue weighted by atomic mass is 32.2. The van der Waals surface area contributed by atoms with E-state index in [9.17, 15) is 0 Å². The van der Waals surface area contributed by atoms with E-state index >= 15 is 0 Å². The zero-order valence-corrected chi connectivity index (χ0v) is 30.9. The molecule has 0 N–H and O–H groups in total. The zero-order chi connectivity index (χ0) is 36.5. The van der Waals surface area contributed by atoms with Gasteiger partial charge in [-0.15, -0.1) is 0 Å². The quantitative estimate of drug-likeness (QED) is 0.181. The molecule has 0 radical (unpaired) electrons. The molecule has 13 rings (SSSR count). The summed E-state index contributed by atoms with van der Waals surface area (Å²) in [5, 5.41) is 6.04. The van der Waals surface area contributed by atoms with Crippen LogP contribution in [-0.2, 0) is 0 Å². The second kappa shape index (κ2) is 11.3. The Labute approximate surface area is 326 Å². The second-order valence-corrected chi connectivity index (χ2v) is 15.9. The Bertz CT molecular complexity index is 3360. The standard InChI is InChI=1S/C50H31N5S/c1-3-16-30(17-4-1)53-37-25-11-7-20-32(37)42-43-33-21-8-12-26-38(33)54(31-18-5-2-6-19-31)48(43)49-44(47(42)53)34-22-9-13-27-39(34)55(49)50-51-36-24-15-29-41-45(36)46(52-50)35-23-10-14-28-40(35)56-41/h1-29,33,38H.